The van der Waals surface area contributed by atoms with Crippen molar-refractivity contribution >= 4 is 28.4 Å². The van der Waals surface area contributed by atoms with E-state index in [0.717, 1.165) is 42.7 Å². The molecular weight excluding hydrogens is 322 g/mol. The Hall–Kier alpha value is -2.61. The standard InChI is InChI=1S/C16H17N7S/c1-5-17-14(18-6-1)22-16-21-13(11-24-16)12-3-9-23(10-4-12)15-19-7-2-8-20-15/h1-2,5-8,11-12H,3-4,9-10H2,(H,17,18,21,22). The Bertz CT molecular complexity index is 769. The lowest BCUT2D eigenvalue weighted by Gasteiger charge is -2.31. The summed E-state index contributed by atoms with van der Waals surface area (Å²) in [7, 11) is 0. The minimum Gasteiger partial charge on any atom is -0.341 e. The van der Waals surface area contributed by atoms with Gasteiger partial charge in [-0.1, -0.05) is 0 Å². The van der Waals surface area contributed by atoms with Gasteiger partial charge in [-0.2, -0.15) is 0 Å². The van der Waals surface area contributed by atoms with E-state index in [-0.39, 0.29) is 0 Å². The second-order valence-electron chi connectivity index (χ2n) is 5.59. The number of rotatable bonds is 4. The Morgan fingerprint density at radius 3 is 2.33 bits per heavy atom. The van der Waals surface area contributed by atoms with Crippen LogP contribution in [0.2, 0.25) is 0 Å². The first-order valence-electron chi connectivity index (χ1n) is 7.90. The van der Waals surface area contributed by atoms with Gasteiger partial charge in [-0.25, -0.2) is 24.9 Å². The van der Waals surface area contributed by atoms with Gasteiger partial charge in [0.15, 0.2) is 5.13 Å². The molecule has 4 rings (SSSR count). The summed E-state index contributed by atoms with van der Waals surface area (Å²) in [6.45, 7) is 1.91. The second-order valence-corrected chi connectivity index (χ2v) is 6.44. The van der Waals surface area contributed by atoms with Crippen LogP contribution in [0.15, 0.2) is 42.3 Å². The van der Waals surface area contributed by atoms with Crippen LogP contribution in [0.5, 0.6) is 0 Å². The number of nitrogens with zero attached hydrogens (tertiary/aromatic N) is 6. The van der Waals surface area contributed by atoms with E-state index in [2.05, 4.69) is 35.5 Å². The molecule has 0 spiro atoms. The fourth-order valence-electron chi connectivity index (χ4n) is 2.82. The third-order valence-electron chi connectivity index (χ3n) is 4.05. The van der Waals surface area contributed by atoms with Crippen molar-refractivity contribution in [2.24, 2.45) is 0 Å². The number of thiazole rings is 1. The van der Waals surface area contributed by atoms with Crippen LogP contribution in [-0.4, -0.2) is 38.0 Å². The van der Waals surface area contributed by atoms with Crippen molar-refractivity contribution in [3.63, 3.8) is 0 Å². The van der Waals surface area contributed by atoms with E-state index in [1.807, 2.05) is 6.07 Å². The molecule has 0 radical (unpaired) electrons. The van der Waals surface area contributed by atoms with E-state index in [1.165, 1.54) is 0 Å². The Balaban J connectivity index is 1.38. The van der Waals surface area contributed by atoms with E-state index in [0.29, 0.717) is 11.9 Å². The van der Waals surface area contributed by atoms with Crippen LogP contribution < -0.4 is 10.2 Å². The molecule has 1 aliphatic heterocycles. The van der Waals surface area contributed by atoms with Gasteiger partial charge in [-0.15, -0.1) is 11.3 Å². The van der Waals surface area contributed by atoms with E-state index in [9.17, 15) is 0 Å². The van der Waals surface area contributed by atoms with Crippen LogP contribution in [0.4, 0.5) is 17.0 Å². The summed E-state index contributed by atoms with van der Waals surface area (Å²) in [6.07, 6.45) is 9.12. The van der Waals surface area contributed by atoms with Gasteiger partial charge in [-0.05, 0) is 25.0 Å². The quantitative estimate of drug-likeness (QED) is 0.783. The van der Waals surface area contributed by atoms with Crippen molar-refractivity contribution in [1.82, 2.24) is 24.9 Å². The molecule has 0 aliphatic carbocycles. The van der Waals surface area contributed by atoms with Crippen LogP contribution in [0.25, 0.3) is 0 Å². The van der Waals surface area contributed by atoms with Crippen molar-refractivity contribution in [2.75, 3.05) is 23.3 Å². The zero-order valence-corrected chi connectivity index (χ0v) is 13.9. The highest BCUT2D eigenvalue weighted by molar-refractivity contribution is 7.13. The van der Waals surface area contributed by atoms with E-state index in [4.69, 9.17) is 4.98 Å². The molecule has 4 heterocycles. The molecule has 0 unspecified atom stereocenters. The molecular formula is C16H17N7S. The van der Waals surface area contributed by atoms with Crippen LogP contribution in [-0.2, 0) is 0 Å². The molecule has 8 heteroatoms. The van der Waals surface area contributed by atoms with Crippen molar-refractivity contribution in [2.45, 2.75) is 18.8 Å². The molecule has 122 valence electrons. The largest absolute Gasteiger partial charge is 0.341 e. The van der Waals surface area contributed by atoms with Crippen LogP contribution in [0, 0.1) is 0 Å². The lowest BCUT2D eigenvalue weighted by Crippen LogP contribution is -2.34. The maximum absolute atomic E-state index is 4.70. The van der Waals surface area contributed by atoms with Crippen molar-refractivity contribution < 1.29 is 0 Å². The predicted molar refractivity (Wildman–Crippen MR) is 93.6 cm³/mol. The predicted octanol–water partition coefficient (Wildman–Crippen LogP) is 2.85. The van der Waals surface area contributed by atoms with Crippen LogP contribution >= 0.6 is 11.3 Å². The number of hydrogen-bond donors (Lipinski definition) is 1. The van der Waals surface area contributed by atoms with Gasteiger partial charge in [0.2, 0.25) is 11.9 Å². The molecule has 0 atom stereocenters. The maximum atomic E-state index is 4.70. The summed E-state index contributed by atoms with van der Waals surface area (Å²) in [6, 6.07) is 3.64. The van der Waals surface area contributed by atoms with Gasteiger partial charge >= 0.3 is 0 Å². The SMILES string of the molecule is c1cnc(Nc2nc(C3CCN(c4ncccn4)CC3)cs2)nc1. The maximum Gasteiger partial charge on any atom is 0.228 e. The lowest BCUT2D eigenvalue weighted by molar-refractivity contribution is 0.492. The smallest absolute Gasteiger partial charge is 0.228 e. The highest BCUT2D eigenvalue weighted by atomic mass is 32.1. The van der Waals surface area contributed by atoms with Gasteiger partial charge in [0, 0.05) is 49.2 Å². The average molecular weight is 339 g/mol. The number of anilines is 3. The third-order valence-corrected chi connectivity index (χ3v) is 4.83. The first kappa shape index (κ1) is 14.9. The molecule has 1 saturated heterocycles. The Labute approximate surface area is 143 Å². The zero-order chi connectivity index (χ0) is 16.2. The first-order chi connectivity index (χ1) is 11.9. The first-order valence-corrected chi connectivity index (χ1v) is 8.78. The van der Waals surface area contributed by atoms with Gasteiger partial charge in [0.25, 0.3) is 0 Å². The van der Waals surface area contributed by atoms with E-state index < -0.39 is 0 Å². The van der Waals surface area contributed by atoms with Crippen molar-refractivity contribution in [1.29, 1.82) is 0 Å². The van der Waals surface area contributed by atoms with Gasteiger partial charge < -0.3 is 10.2 Å². The Morgan fingerprint density at radius 1 is 0.958 bits per heavy atom. The number of nitrogens with one attached hydrogen (secondary N) is 1. The fourth-order valence-corrected chi connectivity index (χ4v) is 3.61. The topological polar surface area (TPSA) is 79.7 Å². The Kier molecular flexibility index (Phi) is 4.28. The summed E-state index contributed by atoms with van der Waals surface area (Å²) in [5.41, 5.74) is 1.15. The summed E-state index contributed by atoms with van der Waals surface area (Å²) < 4.78 is 0. The normalized spacial score (nSPS) is 15.4. The van der Waals surface area contributed by atoms with Crippen LogP contribution in [0.1, 0.15) is 24.5 Å². The number of hydrogen-bond acceptors (Lipinski definition) is 8. The minimum absolute atomic E-state index is 0.480. The van der Waals surface area contributed by atoms with Gasteiger partial charge in [-0.3, -0.25) is 0 Å². The molecule has 0 amide bonds. The average Bonchev–Trinajstić information content (AvgIpc) is 3.12. The van der Waals surface area contributed by atoms with E-state index >= 15 is 0 Å². The minimum atomic E-state index is 0.480. The summed E-state index contributed by atoms with van der Waals surface area (Å²) in [5, 5.41) is 6.12. The number of piperidine rings is 1. The second kappa shape index (κ2) is 6.88. The van der Waals surface area contributed by atoms with Crippen molar-refractivity contribution in [3.8, 4) is 0 Å². The molecule has 3 aromatic rings. The molecule has 7 nitrogen and oxygen atoms in total. The zero-order valence-electron chi connectivity index (χ0n) is 13.0. The molecule has 0 aromatic carbocycles. The lowest BCUT2D eigenvalue weighted by atomic mass is 9.94. The molecule has 1 N–H and O–H groups in total. The summed E-state index contributed by atoms with van der Waals surface area (Å²) >= 11 is 1.59. The summed E-state index contributed by atoms with van der Waals surface area (Å²) in [5.74, 6) is 1.88. The van der Waals surface area contributed by atoms with Gasteiger partial charge in [0.05, 0.1) is 5.69 Å². The molecule has 0 saturated carbocycles. The number of aromatic nitrogens is 5. The molecule has 1 fully saturated rings. The van der Waals surface area contributed by atoms with Gasteiger partial charge in [0.1, 0.15) is 0 Å². The Morgan fingerprint density at radius 2 is 1.62 bits per heavy atom. The van der Waals surface area contributed by atoms with Crippen molar-refractivity contribution in [3.05, 3.63) is 48.0 Å². The third kappa shape index (κ3) is 3.33. The fraction of sp³-hybridized carbons (Fsp3) is 0.312. The summed E-state index contributed by atoms with van der Waals surface area (Å²) in [4.78, 5) is 23.9. The molecule has 3 aromatic heterocycles. The molecule has 24 heavy (non-hydrogen) atoms. The highest BCUT2D eigenvalue weighted by Gasteiger charge is 2.23. The van der Waals surface area contributed by atoms with Crippen LogP contribution in [0.3, 0.4) is 0 Å². The highest BCUT2D eigenvalue weighted by Crippen LogP contribution is 2.31. The monoisotopic (exact) mass is 339 g/mol. The molecule has 0 bridgehead atoms. The van der Waals surface area contributed by atoms with E-state index in [1.54, 1.807) is 42.2 Å². The molecule has 1 aliphatic rings.